The van der Waals surface area contributed by atoms with Gasteiger partial charge in [-0.15, -0.1) is 0 Å². The first-order valence-electron chi connectivity index (χ1n) is 5.01. The molecule has 2 rings (SSSR count). The van der Waals surface area contributed by atoms with Crippen LogP contribution in [0.1, 0.15) is 18.4 Å². The van der Waals surface area contributed by atoms with Crippen LogP contribution in [-0.2, 0) is 16.3 Å². The fraction of sp³-hybridized carbons (Fsp3) is 0.455. The Kier molecular flexibility index (Phi) is 2.77. The second-order valence-electron chi connectivity index (χ2n) is 4.44. The van der Waals surface area contributed by atoms with E-state index >= 15 is 0 Å². The lowest BCUT2D eigenvalue weighted by Crippen LogP contribution is -2.10. The molecule has 1 aromatic carbocycles. The molecule has 88 valence electrons. The molecule has 0 unspecified atom stereocenters. The molecular weight excluding hydrogens is 248 g/mol. The van der Waals surface area contributed by atoms with E-state index in [1.807, 2.05) is 0 Å². The van der Waals surface area contributed by atoms with Gasteiger partial charge in [-0.3, -0.25) is 0 Å². The minimum Gasteiger partial charge on any atom is -0.390 e. The van der Waals surface area contributed by atoms with Crippen molar-refractivity contribution in [2.24, 2.45) is 0 Å². The van der Waals surface area contributed by atoms with Crippen LogP contribution in [0.3, 0.4) is 0 Å². The van der Waals surface area contributed by atoms with Crippen LogP contribution in [-0.4, -0.2) is 25.4 Å². The Morgan fingerprint density at radius 2 is 2.06 bits per heavy atom. The van der Waals surface area contributed by atoms with Gasteiger partial charge in [0.2, 0.25) is 0 Å². The summed E-state index contributed by atoms with van der Waals surface area (Å²) >= 11 is 5.90. The highest BCUT2D eigenvalue weighted by molar-refractivity contribution is 7.90. The number of hydrogen-bond donors (Lipinski definition) is 1. The van der Waals surface area contributed by atoms with E-state index in [0.717, 1.165) is 24.7 Å². The van der Waals surface area contributed by atoms with Gasteiger partial charge in [0.05, 0.1) is 15.5 Å². The van der Waals surface area contributed by atoms with E-state index in [9.17, 15) is 13.5 Å². The molecule has 1 fully saturated rings. The van der Waals surface area contributed by atoms with Crippen molar-refractivity contribution in [3.05, 3.63) is 28.8 Å². The predicted molar refractivity (Wildman–Crippen MR) is 62.4 cm³/mol. The predicted octanol–water partition coefficient (Wildman–Crippen LogP) is 1.81. The maximum absolute atomic E-state index is 11.3. The molecule has 0 spiro atoms. The van der Waals surface area contributed by atoms with Gasteiger partial charge in [-0.25, -0.2) is 8.42 Å². The van der Waals surface area contributed by atoms with Gasteiger partial charge < -0.3 is 5.11 Å². The fourth-order valence-electron chi connectivity index (χ4n) is 1.66. The van der Waals surface area contributed by atoms with Gasteiger partial charge in [-0.1, -0.05) is 17.7 Å². The third kappa shape index (κ3) is 2.56. The molecule has 0 atom stereocenters. The zero-order chi connectivity index (χ0) is 12.0. The number of aliphatic hydroxyl groups is 1. The van der Waals surface area contributed by atoms with Crippen LogP contribution in [0.2, 0.25) is 5.02 Å². The Balaban J connectivity index is 2.29. The van der Waals surface area contributed by atoms with E-state index in [1.165, 1.54) is 6.07 Å². The maximum atomic E-state index is 11.3. The molecule has 0 aliphatic heterocycles. The number of benzene rings is 1. The Morgan fingerprint density at radius 1 is 1.44 bits per heavy atom. The molecule has 1 N–H and O–H groups in total. The molecule has 5 heteroatoms. The molecule has 0 radical (unpaired) electrons. The zero-order valence-corrected chi connectivity index (χ0v) is 10.5. The van der Waals surface area contributed by atoms with Crippen molar-refractivity contribution in [2.75, 3.05) is 6.26 Å². The SMILES string of the molecule is CS(=O)(=O)c1ccc(CC2(O)CC2)cc1Cl. The molecule has 3 nitrogen and oxygen atoms in total. The first-order chi connectivity index (χ1) is 7.30. The van der Waals surface area contributed by atoms with Crippen molar-refractivity contribution in [2.45, 2.75) is 29.8 Å². The van der Waals surface area contributed by atoms with Crippen LogP contribution >= 0.6 is 11.6 Å². The van der Waals surface area contributed by atoms with Crippen molar-refractivity contribution in [3.63, 3.8) is 0 Å². The van der Waals surface area contributed by atoms with Gasteiger partial charge >= 0.3 is 0 Å². The summed E-state index contributed by atoms with van der Waals surface area (Å²) in [6.45, 7) is 0. The van der Waals surface area contributed by atoms with Crippen LogP contribution in [0, 0.1) is 0 Å². The number of hydrogen-bond acceptors (Lipinski definition) is 3. The largest absolute Gasteiger partial charge is 0.390 e. The Morgan fingerprint density at radius 3 is 2.50 bits per heavy atom. The van der Waals surface area contributed by atoms with Crippen molar-refractivity contribution in [3.8, 4) is 0 Å². The van der Waals surface area contributed by atoms with Crippen LogP contribution in [0.25, 0.3) is 0 Å². The fourth-order valence-corrected chi connectivity index (χ4v) is 3.01. The van der Waals surface area contributed by atoms with Crippen molar-refractivity contribution in [1.82, 2.24) is 0 Å². The average molecular weight is 261 g/mol. The summed E-state index contributed by atoms with van der Waals surface area (Å²) < 4.78 is 22.7. The standard InChI is InChI=1S/C11H13ClO3S/c1-16(14,15)10-3-2-8(6-9(10)12)7-11(13)4-5-11/h2-3,6,13H,4-5,7H2,1H3. The van der Waals surface area contributed by atoms with E-state index in [0.29, 0.717) is 6.42 Å². The summed E-state index contributed by atoms with van der Waals surface area (Å²) in [6, 6.07) is 4.82. The van der Waals surface area contributed by atoms with Gasteiger partial charge in [-0.05, 0) is 30.5 Å². The summed E-state index contributed by atoms with van der Waals surface area (Å²) in [5.41, 5.74) is 0.285. The Labute approximate surface area is 100.0 Å². The van der Waals surface area contributed by atoms with E-state index in [4.69, 9.17) is 11.6 Å². The highest BCUT2D eigenvalue weighted by Gasteiger charge is 2.40. The summed E-state index contributed by atoms with van der Waals surface area (Å²) in [4.78, 5) is 0.140. The number of sulfone groups is 1. The van der Waals surface area contributed by atoms with Crippen LogP contribution in [0.15, 0.2) is 23.1 Å². The monoisotopic (exact) mass is 260 g/mol. The van der Waals surface area contributed by atoms with Crippen molar-refractivity contribution >= 4 is 21.4 Å². The van der Waals surface area contributed by atoms with E-state index in [1.54, 1.807) is 12.1 Å². The van der Waals surface area contributed by atoms with Gasteiger partial charge in [0.15, 0.2) is 9.84 Å². The highest BCUT2D eigenvalue weighted by atomic mass is 35.5. The second-order valence-corrected chi connectivity index (χ2v) is 6.83. The third-order valence-electron chi connectivity index (χ3n) is 2.76. The van der Waals surface area contributed by atoms with E-state index in [-0.39, 0.29) is 9.92 Å². The maximum Gasteiger partial charge on any atom is 0.176 e. The lowest BCUT2D eigenvalue weighted by atomic mass is 10.1. The zero-order valence-electron chi connectivity index (χ0n) is 8.90. The quantitative estimate of drug-likeness (QED) is 0.902. The molecule has 1 aliphatic rings. The van der Waals surface area contributed by atoms with Gasteiger partial charge in [0.1, 0.15) is 0 Å². The van der Waals surface area contributed by atoms with Gasteiger partial charge in [0, 0.05) is 12.7 Å². The van der Waals surface area contributed by atoms with Crippen LogP contribution in [0.5, 0.6) is 0 Å². The molecule has 1 saturated carbocycles. The lowest BCUT2D eigenvalue weighted by molar-refractivity contribution is 0.151. The smallest absolute Gasteiger partial charge is 0.176 e. The van der Waals surface area contributed by atoms with Crippen molar-refractivity contribution in [1.29, 1.82) is 0 Å². The topological polar surface area (TPSA) is 54.4 Å². The molecule has 0 saturated heterocycles. The molecule has 0 amide bonds. The lowest BCUT2D eigenvalue weighted by Gasteiger charge is -2.09. The Bertz CT molecular complexity index is 518. The normalized spacial score (nSPS) is 18.4. The number of rotatable bonds is 3. The van der Waals surface area contributed by atoms with E-state index in [2.05, 4.69) is 0 Å². The van der Waals surface area contributed by atoms with Crippen LogP contribution < -0.4 is 0 Å². The number of halogens is 1. The minimum atomic E-state index is -3.27. The van der Waals surface area contributed by atoms with Gasteiger partial charge in [-0.2, -0.15) is 0 Å². The van der Waals surface area contributed by atoms with Crippen LogP contribution in [0.4, 0.5) is 0 Å². The molecule has 16 heavy (non-hydrogen) atoms. The molecular formula is C11H13ClO3S. The molecule has 1 aliphatic carbocycles. The summed E-state index contributed by atoms with van der Waals surface area (Å²) in [6.07, 6.45) is 3.27. The van der Waals surface area contributed by atoms with Crippen molar-refractivity contribution < 1.29 is 13.5 Å². The summed E-state index contributed by atoms with van der Waals surface area (Å²) in [7, 11) is -3.27. The molecule has 1 aromatic rings. The van der Waals surface area contributed by atoms with E-state index < -0.39 is 15.4 Å². The molecule has 0 bridgehead atoms. The summed E-state index contributed by atoms with van der Waals surface area (Å²) in [5.74, 6) is 0. The first-order valence-corrected chi connectivity index (χ1v) is 7.28. The first kappa shape index (κ1) is 11.9. The average Bonchev–Trinajstić information content (AvgIpc) is 2.80. The Hall–Kier alpha value is -0.580. The third-order valence-corrected chi connectivity index (χ3v) is 4.34. The highest BCUT2D eigenvalue weighted by Crippen LogP contribution is 2.38. The molecule has 0 aromatic heterocycles. The molecule has 0 heterocycles. The second kappa shape index (κ2) is 3.72. The summed E-state index contributed by atoms with van der Waals surface area (Å²) in [5, 5.41) is 9.97. The van der Waals surface area contributed by atoms with Gasteiger partial charge in [0.25, 0.3) is 0 Å². The minimum absolute atomic E-state index is 0.140.